The first-order chi connectivity index (χ1) is 16.0. The van der Waals surface area contributed by atoms with Gasteiger partial charge in [0.25, 0.3) is 5.91 Å². The van der Waals surface area contributed by atoms with Crippen molar-refractivity contribution in [2.75, 3.05) is 5.32 Å². The second kappa shape index (κ2) is 12.6. The summed E-state index contributed by atoms with van der Waals surface area (Å²) in [6.45, 7) is 0. The van der Waals surface area contributed by atoms with E-state index in [-0.39, 0.29) is 11.8 Å². The van der Waals surface area contributed by atoms with Gasteiger partial charge in [0.1, 0.15) is 6.04 Å². The van der Waals surface area contributed by atoms with E-state index in [1.165, 1.54) is 0 Å². The number of hydrogen-bond donors (Lipinski definition) is 4. The van der Waals surface area contributed by atoms with Gasteiger partial charge in [0, 0.05) is 11.3 Å². The normalized spacial score (nSPS) is 11.5. The summed E-state index contributed by atoms with van der Waals surface area (Å²) in [5.41, 5.74) is 3.18. The molecule has 7 heteroatoms. The maximum atomic E-state index is 13.1. The molecule has 6 nitrogen and oxygen atoms in total. The molecule has 33 heavy (non-hydrogen) atoms. The molecule has 4 N–H and O–H groups in total. The van der Waals surface area contributed by atoms with Crippen LogP contribution in [0.2, 0.25) is 6.32 Å². The van der Waals surface area contributed by atoms with E-state index in [4.69, 9.17) is 10.0 Å². The van der Waals surface area contributed by atoms with Gasteiger partial charge in [0.05, 0.1) is 0 Å². The average molecular weight is 444 g/mol. The van der Waals surface area contributed by atoms with Crippen LogP contribution >= 0.6 is 0 Å². The van der Waals surface area contributed by atoms with Gasteiger partial charge in [-0.15, -0.1) is 0 Å². The fourth-order valence-electron chi connectivity index (χ4n) is 3.59. The molecule has 0 aliphatic carbocycles. The van der Waals surface area contributed by atoms with Crippen LogP contribution in [0.4, 0.5) is 5.69 Å². The first-order valence-electron chi connectivity index (χ1n) is 11.2. The zero-order chi connectivity index (χ0) is 23.5. The van der Waals surface area contributed by atoms with Crippen molar-refractivity contribution in [3.8, 4) is 11.1 Å². The summed E-state index contributed by atoms with van der Waals surface area (Å²) < 4.78 is 0. The fraction of sp³-hybridized carbons (Fsp3) is 0.231. The Labute approximate surface area is 194 Å². The third kappa shape index (κ3) is 7.90. The lowest BCUT2D eigenvalue weighted by Crippen LogP contribution is -2.43. The Hall–Kier alpha value is -3.42. The molecular formula is C26H29BN2O4. The maximum Gasteiger partial charge on any atom is 0.451 e. The molecule has 1 atom stereocenters. The Kier molecular flexibility index (Phi) is 9.24. The van der Waals surface area contributed by atoms with Gasteiger partial charge in [-0.3, -0.25) is 9.59 Å². The Morgan fingerprint density at radius 2 is 1.45 bits per heavy atom. The number of rotatable bonds is 11. The lowest BCUT2D eigenvalue weighted by molar-refractivity contribution is -0.118. The van der Waals surface area contributed by atoms with Gasteiger partial charge < -0.3 is 20.7 Å². The molecule has 0 heterocycles. The standard InChI is InChI=1S/C26H29BN2O4/c30-25(21-13-6-2-7-14-21)29-24(17-8-3-9-18-27(32)33)26(31)28-23-16-10-15-22(19-23)20-11-4-1-5-12-20/h1-2,4-7,10-16,19,24,32-33H,3,8-9,17-18H2,(H,28,31)(H,29,30). The van der Waals surface area contributed by atoms with Gasteiger partial charge in [-0.1, -0.05) is 79.9 Å². The van der Waals surface area contributed by atoms with Crippen LogP contribution in [0.5, 0.6) is 0 Å². The Bertz CT molecular complexity index is 1030. The van der Waals surface area contributed by atoms with Gasteiger partial charge in [-0.2, -0.15) is 0 Å². The highest BCUT2D eigenvalue weighted by molar-refractivity contribution is 6.40. The molecule has 0 spiro atoms. The summed E-state index contributed by atoms with van der Waals surface area (Å²) in [7, 11) is -1.32. The van der Waals surface area contributed by atoms with Crippen molar-refractivity contribution < 1.29 is 19.6 Å². The molecule has 3 aromatic carbocycles. The Morgan fingerprint density at radius 1 is 0.788 bits per heavy atom. The minimum atomic E-state index is -1.32. The third-order valence-electron chi connectivity index (χ3n) is 5.35. The minimum Gasteiger partial charge on any atom is -0.427 e. The Morgan fingerprint density at radius 3 is 2.15 bits per heavy atom. The van der Waals surface area contributed by atoms with Gasteiger partial charge in [-0.05, 0) is 48.1 Å². The van der Waals surface area contributed by atoms with E-state index in [0.29, 0.717) is 36.8 Å². The highest BCUT2D eigenvalue weighted by Gasteiger charge is 2.21. The number of anilines is 1. The highest BCUT2D eigenvalue weighted by Crippen LogP contribution is 2.22. The summed E-state index contributed by atoms with van der Waals surface area (Å²) in [6, 6.07) is 25.6. The van der Waals surface area contributed by atoms with Crippen LogP contribution in [0.25, 0.3) is 11.1 Å². The molecule has 170 valence electrons. The van der Waals surface area contributed by atoms with Crippen molar-refractivity contribution >= 4 is 24.6 Å². The van der Waals surface area contributed by atoms with E-state index in [2.05, 4.69) is 10.6 Å². The number of nitrogens with one attached hydrogen (secondary N) is 2. The number of carbonyl (C=O) groups is 2. The van der Waals surface area contributed by atoms with E-state index < -0.39 is 13.2 Å². The first kappa shape index (κ1) is 24.2. The number of benzene rings is 3. The molecule has 1 unspecified atom stereocenters. The smallest absolute Gasteiger partial charge is 0.427 e. The second-order valence-electron chi connectivity index (χ2n) is 7.95. The summed E-state index contributed by atoms with van der Waals surface area (Å²) in [4.78, 5) is 25.8. The van der Waals surface area contributed by atoms with Crippen LogP contribution in [-0.2, 0) is 4.79 Å². The Balaban J connectivity index is 1.68. The van der Waals surface area contributed by atoms with Crippen LogP contribution in [-0.4, -0.2) is 35.0 Å². The molecule has 0 saturated carbocycles. The summed E-state index contributed by atoms with van der Waals surface area (Å²) in [5, 5.41) is 23.8. The van der Waals surface area contributed by atoms with E-state index in [9.17, 15) is 9.59 Å². The molecule has 0 bridgehead atoms. The molecule has 0 saturated heterocycles. The topological polar surface area (TPSA) is 98.7 Å². The summed E-state index contributed by atoms with van der Waals surface area (Å²) in [6.07, 6.45) is 2.78. The van der Waals surface area contributed by atoms with Gasteiger partial charge >= 0.3 is 7.12 Å². The fourth-order valence-corrected chi connectivity index (χ4v) is 3.59. The maximum absolute atomic E-state index is 13.1. The van der Waals surface area contributed by atoms with Crippen molar-refractivity contribution in [3.63, 3.8) is 0 Å². The number of unbranched alkanes of at least 4 members (excludes halogenated alkanes) is 2. The molecule has 0 aromatic heterocycles. The average Bonchev–Trinajstić information content (AvgIpc) is 2.84. The van der Waals surface area contributed by atoms with Crippen molar-refractivity contribution in [3.05, 3.63) is 90.5 Å². The third-order valence-corrected chi connectivity index (χ3v) is 5.35. The molecule has 2 amide bonds. The zero-order valence-electron chi connectivity index (χ0n) is 18.5. The molecule has 0 aliphatic heterocycles. The quantitative estimate of drug-likeness (QED) is 0.264. The summed E-state index contributed by atoms with van der Waals surface area (Å²) in [5.74, 6) is -0.591. The molecule has 3 aromatic rings. The van der Waals surface area contributed by atoms with Crippen molar-refractivity contribution in [2.24, 2.45) is 0 Å². The largest absolute Gasteiger partial charge is 0.451 e. The lowest BCUT2D eigenvalue weighted by atomic mass is 9.83. The predicted octanol–water partition coefficient (Wildman–Crippen LogP) is 4.12. The van der Waals surface area contributed by atoms with Gasteiger partial charge in [0.15, 0.2) is 0 Å². The van der Waals surface area contributed by atoms with Crippen molar-refractivity contribution in [1.29, 1.82) is 0 Å². The second-order valence-corrected chi connectivity index (χ2v) is 7.95. The van der Waals surface area contributed by atoms with Crippen LogP contribution in [0, 0.1) is 0 Å². The predicted molar refractivity (Wildman–Crippen MR) is 132 cm³/mol. The van der Waals surface area contributed by atoms with E-state index in [1.54, 1.807) is 24.3 Å². The molecular weight excluding hydrogens is 415 g/mol. The van der Waals surface area contributed by atoms with E-state index in [0.717, 1.165) is 17.5 Å². The summed E-state index contributed by atoms with van der Waals surface area (Å²) >= 11 is 0. The van der Waals surface area contributed by atoms with Gasteiger partial charge in [0.2, 0.25) is 5.91 Å². The van der Waals surface area contributed by atoms with Crippen molar-refractivity contribution in [1.82, 2.24) is 5.32 Å². The SMILES string of the molecule is O=C(NC(CCCCCB(O)O)C(=O)Nc1cccc(-c2ccccc2)c1)c1ccccc1. The molecule has 0 aliphatic rings. The highest BCUT2D eigenvalue weighted by atomic mass is 16.4. The van der Waals surface area contributed by atoms with Gasteiger partial charge in [-0.25, -0.2) is 0 Å². The number of amides is 2. The lowest BCUT2D eigenvalue weighted by Gasteiger charge is -2.19. The van der Waals surface area contributed by atoms with Crippen LogP contribution < -0.4 is 10.6 Å². The minimum absolute atomic E-state index is 0.285. The monoisotopic (exact) mass is 444 g/mol. The van der Waals surface area contributed by atoms with E-state index in [1.807, 2.05) is 60.7 Å². The van der Waals surface area contributed by atoms with Crippen LogP contribution in [0.3, 0.4) is 0 Å². The van der Waals surface area contributed by atoms with Crippen LogP contribution in [0.15, 0.2) is 84.9 Å². The van der Waals surface area contributed by atoms with Crippen molar-refractivity contribution in [2.45, 2.75) is 38.0 Å². The number of hydrogen-bond acceptors (Lipinski definition) is 4. The molecule has 3 rings (SSSR count). The molecule has 0 radical (unpaired) electrons. The first-order valence-corrected chi connectivity index (χ1v) is 11.2. The number of carbonyl (C=O) groups excluding carboxylic acids is 2. The van der Waals surface area contributed by atoms with E-state index >= 15 is 0 Å². The molecule has 0 fully saturated rings. The van der Waals surface area contributed by atoms with Crippen LogP contribution in [0.1, 0.15) is 36.0 Å². The zero-order valence-corrected chi connectivity index (χ0v) is 18.5.